The van der Waals surface area contributed by atoms with Gasteiger partial charge < -0.3 is 5.73 Å². The second-order valence-corrected chi connectivity index (χ2v) is 5.62. The molecule has 3 heteroatoms. The smallest absolute Gasteiger partial charge is 0.0366 e. The molecule has 78 valence electrons. The van der Waals surface area contributed by atoms with E-state index in [1.807, 2.05) is 30.0 Å². The number of hydrogen-bond acceptors (Lipinski definition) is 2. The lowest BCUT2D eigenvalue weighted by atomic mass is 10.2. The molecule has 1 aromatic carbocycles. The zero-order valence-electron chi connectivity index (χ0n) is 8.59. The number of nitrogen functional groups attached to an aromatic ring is 1. The molecule has 2 N–H and O–H groups in total. The van der Waals surface area contributed by atoms with Gasteiger partial charge in [0, 0.05) is 21.2 Å². The van der Waals surface area contributed by atoms with E-state index < -0.39 is 0 Å². The third kappa shape index (κ3) is 3.21. The van der Waals surface area contributed by atoms with Crippen LogP contribution in [0.2, 0.25) is 0 Å². The van der Waals surface area contributed by atoms with Crippen molar-refractivity contribution >= 4 is 33.4 Å². The fourth-order valence-electron chi connectivity index (χ4n) is 1.07. The molecule has 0 aliphatic carbocycles. The molecule has 0 spiro atoms. The van der Waals surface area contributed by atoms with E-state index in [9.17, 15) is 0 Å². The summed E-state index contributed by atoms with van der Waals surface area (Å²) in [4.78, 5) is 0. The van der Waals surface area contributed by atoms with Crippen molar-refractivity contribution < 1.29 is 0 Å². The maximum Gasteiger partial charge on any atom is 0.0366 e. The van der Waals surface area contributed by atoms with Gasteiger partial charge in [0.2, 0.25) is 0 Å². The maximum atomic E-state index is 5.91. The largest absolute Gasteiger partial charge is 0.398 e. The molecule has 1 rings (SSSR count). The summed E-state index contributed by atoms with van der Waals surface area (Å²) in [5.74, 6) is 0.988. The lowest BCUT2D eigenvalue weighted by Crippen LogP contribution is -1.98. The van der Waals surface area contributed by atoms with Crippen molar-refractivity contribution in [3.05, 3.63) is 28.2 Å². The first-order chi connectivity index (χ1) is 6.65. The summed E-state index contributed by atoms with van der Waals surface area (Å²) in [6.07, 6.45) is 1.20. The maximum absolute atomic E-state index is 5.91. The molecule has 1 aromatic rings. The first kappa shape index (κ1) is 11.9. The highest BCUT2D eigenvalue weighted by Crippen LogP contribution is 2.29. The fourth-order valence-corrected chi connectivity index (χ4v) is 2.79. The molecular weight excluding hydrogens is 258 g/mol. The summed E-state index contributed by atoms with van der Waals surface area (Å²) >= 11 is 5.47. The average molecular weight is 274 g/mol. The average Bonchev–Trinajstić information content (AvgIpc) is 2.16. The first-order valence-electron chi connectivity index (χ1n) is 4.79. The highest BCUT2D eigenvalue weighted by Gasteiger charge is 2.06. The van der Waals surface area contributed by atoms with E-state index in [-0.39, 0.29) is 0 Å². The number of nitrogens with two attached hydrogens (primary N) is 1. The summed E-state index contributed by atoms with van der Waals surface area (Å²) in [6, 6.07) is 5.97. The summed E-state index contributed by atoms with van der Waals surface area (Å²) < 4.78 is 1.12. The Bertz CT molecular complexity index is 281. The van der Waals surface area contributed by atoms with Crippen LogP contribution in [0.4, 0.5) is 5.69 Å². The fraction of sp³-hybridized carbons (Fsp3) is 0.455. The second-order valence-electron chi connectivity index (χ2n) is 3.34. The van der Waals surface area contributed by atoms with Crippen molar-refractivity contribution in [3.8, 4) is 0 Å². The van der Waals surface area contributed by atoms with Crippen molar-refractivity contribution in [2.45, 2.75) is 31.3 Å². The third-order valence-corrected chi connectivity index (χ3v) is 4.34. The summed E-state index contributed by atoms with van der Waals surface area (Å²) in [7, 11) is 0. The molecule has 0 saturated heterocycles. The van der Waals surface area contributed by atoms with Crippen molar-refractivity contribution in [3.63, 3.8) is 0 Å². The van der Waals surface area contributed by atoms with Crippen LogP contribution in [0.3, 0.4) is 0 Å². The molecule has 0 heterocycles. The highest BCUT2D eigenvalue weighted by atomic mass is 79.9. The Balaban J connectivity index is 2.66. The summed E-state index contributed by atoms with van der Waals surface area (Å²) in [6.45, 7) is 4.46. The number of rotatable bonds is 4. The van der Waals surface area contributed by atoms with Crippen LogP contribution < -0.4 is 5.73 Å². The molecule has 0 bridgehead atoms. The van der Waals surface area contributed by atoms with Gasteiger partial charge in [-0.15, -0.1) is 0 Å². The molecule has 0 saturated carbocycles. The van der Waals surface area contributed by atoms with Crippen molar-refractivity contribution in [1.29, 1.82) is 0 Å². The molecule has 1 nitrogen and oxygen atoms in total. The van der Waals surface area contributed by atoms with Crippen molar-refractivity contribution in [2.75, 3.05) is 5.73 Å². The van der Waals surface area contributed by atoms with E-state index in [0.717, 1.165) is 15.9 Å². The molecule has 0 aliphatic rings. The summed E-state index contributed by atoms with van der Waals surface area (Å²) in [5.41, 5.74) is 8.01. The Morgan fingerprint density at radius 1 is 1.50 bits per heavy atom. The molecule has 0 amide bonds. The van der Waals surface area contributed by atoms with Crippen LogP contribution in [0, 0.1) is 0 Å². The van der Waals surface area contributed by atoms with E-state index >= 15 is 0 Å². The molecule has 1 atom stereocenters. The minimum atomic E-state index is 0.696. The topological polar surface area (TPSA) is 26.0 Å². The van der Waals surface area contributed by atoms with Gasteiger partial charge in [0.1, 0.15) is 0 Å². The molecular formula is C11H16BrNS. The van der Waals surface area contributed by atoms with Gasteiger partial charge in [0.05, 0.1) is 0 Å². The standard InChI is InChI=1S/C11H16BrNS/c1-3-8(2)14-7-9-10(12)5-4-6-11(9)13/h4-6,8H,3,7,13H2,1-2H3. The molecule has 14 heavy (non-hydrogen) atoms. The predicted molar refractivity (Wildman–Crippen MR) is 69.6 cm³/mol. The SMILES string of the molecule is CCC(C)SCc1c(N)cccc1Br. The second kappa shape index (κ2) is 5.66. The van der Waals surface area contributed by atoms with Crippen LogP contribution in [0.15, 0.2) is 22.7 Å². The van der Waals surface area contributed by atoms with Crippen molar-refractivity contribution in [1.82, 2.24) is 0 Å². The first-order valence-corrected chi connectivity index (χ1v) is 6.63. The Morgan fingerprint density at radius 3 is 2.79 bits per heavy atom. The van der Waals surface area contributed by atoms with Gasteiger partial charge in [-0.1, -0.05) is 35.8 Å². The zero-order valence-corrected chi connectivity index (χ0v) is 11.0. The summed E-state index contributed by atoms with van der Waals surface area (Å²) in [5, 5.41) is 0.696. The minimum absolute atomic E-state index is 0.696. The minimum Gasteiger partial charge on any atom is -0.398 e. The zero-order chi connectivity index (χ0) is 10.6. The van der Waals surface area contributed by atoms with E-state index in [1.54, 1.807) is 0 Å². The van der Waals surface area contributed by atoms with Gasteiger partial charge in [-0.2, -0.15) is 11.8 Å². The third-order valence-electron chi connectivity index (χ3n) is 2.24. The van der Waals surface area contributed by atoms with Gasteiger partial charge in [0.15, 0.2) is 0 Å². The van der Waals surface area contributed by atoms with Gasteiger partial charge in [-0.25, -0.2) is 0 Å². The number of thioether (sulfide) groups is 1. The molecule has 0 aromatic heterocycles. The Kier molecular flexibility index (Phi) is 4.82. The van der Waals surface area contributed by atoms with Gasteiger partial charge >= 0.3 is 0 Å². The molecule has 1 unspecified atom stereocenters. The van der Waals surface area contributed by atoms with Crippen LogP contribution in [-0.2, 0) is 5.75 Å². The lowest BCUT2D eigenvalue weighted by Gasteiger charge is -2.11. The Hall–Kier alpha value is -0.150. The quantitative estimate of drug-likeness (QED) is 0.838. The number of halogens is 1. The van der Waals surface area contributed by atoms with E-state index in [2.05, 4.69) is 29.8 Å². The monoisotopic (exact) mass is 273 g/mol. The molecule has 0 aliphatic heterocycles. The van der Waals surface area contributed by atoms with Crippen LogP contribution >= 0.6 is 27.7 Å². The normalized spacial score (nSPS) is 12.8. The Morgan fingerprint density at radius 2 is 2.21 bits per heavy atom. The van der Waals surface area contributed by atoms with Gasteiger partial charge in [0.25, 0.3) is 0 Å². The van der Waals surface area contributed by atoms with Gasteiger partial charge in [-0.05, 0) is 24.1 Å². The van der Waals surface area contributed by atoms with Crippen LogP contribution in [0.1, 0.15) is 25.8 Å². The van der Waals surface area contributed by atoms with Crippen molar-refractivity contribution in [2.24, 2.45) is 0 Å². The van der Waals surface area contributed by atoms with E-state index in [1.165, 1.54) is 12.0 Å². The van der Waals surface area contributed by atoms with E-state index in [4.69, 9.17) is 5.73 Å². The van der Waals surface area contributed by atoms with Crippen LogP contribution in [-0.4, -0.2) is 5.25 Å². The predicted octanol–water partition coefficient (Wildman–Crippen LogP) is 4.06. The van der Waals surface area contributed by atoms with E-state index in [0.29, 0.717) is 5.25 Å². The Labute approximate surface area is 98.6 Å². The van der Waals surface area contributed by atoms with Crippen LogP contribution in [0.25, 0.3) is 0 Å². The number of anilines is 1. The molecule has 0 radical (unpaired) electrons. The number of hydrogen-bond donors (Lipinski definition) is 1. The highest BCUT2D eigenvalue weighted by molar-refractivity contribution is 9.10. The number of benzene rings is 1. The molecule has 0 fully saturated rings. The van der Waals surface area contributed by atoms with Crippen LogP contribution in [0.5, 0.6) is 0 Å². The lowest BCUT2D eigenvalue weighted by molar-refractivity contribution is 0.905. The van der Waals surface area contributed by atoms with Gasteiger partial charge in [-0.3, -0.25) is 0 Å².